The summed E-state index contributed by atoms with van der Waals surface area (Å²) in [6.07, 6.45) is 0. The maximum Gasteiger partial charge on any atom is 0.297 e. The van der Waals surface area contributed by atoms with Crippen LogP contribution in [0.25, 0.3) is 32.3 Å². The van der Waals surface area contributed by atoms with Gasteiger partial charge in [0.1, 0.15) is 65.1 Å². The molecule has 84 heavy (non-hydrogen) atoms. The Balaban J connectivity index is 1.24. The monoisotopic (exact) mass is 1300 g/mol. The number of nitrogens with two attached hydrogens (primary N) is 1. The fourth-order valence-electron chi connectivity index (χ4n) is 7.66. The molecule has 0 fully saturated rings. The number of nitrogens with zero attached hydrogens (tertiary/aromatic N) is 8. The molecule has 0 radical (unpaired) electrons. The highest BCUT2D eigenvalue weighted by Gasteiger charge is 2.30. The highest BCUT2D eigenvalue weighted by molar-refractivity contribution is 7.95. The number of hydrogen-bond donors (Lipinski definition) is 11. The second-order valence-corrected chi connectivity index (χ2v) is 23.8. The van der Waals surface area contributed by atoms with Crippen molar-refractivity contribution in [1.29, 1.82) is 0 Å². The standard InChI is InChI=1S/C43H31N9O25S7/c1-71-20-7-10-25(29(14-20)78-75-72-56)46-52-39-34(83(65,66)67)16-23-22(41(39)54)9-11-27(43(23)84(68,69)70)48-49-28-17-33(82(62,63)64)24-15-31(80-77-74-58)38(42(55)35(24)36(28)44)50-45-19-6-8-21-18(12-19)13-30(79-76-73-57)37(40(21)53)51-47-26-4-2-3-5-32(26)81(59,60)61/h2-17,53-58H,44H2,1H3,(H,59,60,61)(H,62,63,64)(H,65,66,67)(H,68,69,70). The van der Waals surface area contributed by atoms with E-state index in [0.29, 0.717) is 36.2 Å². The lowest BCUT2D eigenvalue weighted by molar-refractivity contribution is -0.432. The highest BCUT2D eigenvalue weighted by atomic mass is 32.2. The molecule has 440 valence electrons. The van der Waals surface area contributed by atoms with E-state index in [0.717, 1.165) is 24.3 Å². The summed E-state index contributed by atoms with van der Waals surface area (Å²) in [4.78, 5) is -4.77. The Morgan fingerprint density at radius 3 is 1.61 bits per heavy atom. The number of phenols is 3. The summed E-state index contributed by atoms with van der Waals surface area (Å²) in [5, 5.41) is 101. The quantitative estimate of drug-likeness (QED) is 0.00749. The van der Waals surface area contributed by atoms with E-state index in [2.05, 4.69) is 69.0 Å². The lowest BCUT2D eigenvalue weighted by Crippen LogP contribution is -2.03. The summed E-state index contributed by atoms with van der Waals surface area (Å²) < 4.78 is 161. The number of ether oxygens (including phenoxy) is 1. The molecule has 0 atom stereocenters. The first kappa shape index (κ1) is 62.3. The predicted octanol–water partition coefficient (Wildman–Crippen LogP) is 11.8. The molecular formula is C43H31N9O25S7. The zero-order chi connectivity index (χ0) is 61.1. The van der Waals surface area contributed by atoms with Gasteiger partial charge in [0.05, 0.1) is 74.7 Å². The summed E-state index contributed by atoms with van der Waals surface area (Å²) in [5.41, 5.74) is 1.60. The number of phenolic OH excluding ortho intramolecular Hbond substituents is 3. The third kappa shape index (κ3) is 13.4. The summed E-state index contributed by atoms with van der Waals surface area (Å²) >= 11 is 0.777. The van der Waals surface area contributed by atoms with Crippen LogP contribution in [0.2, 0.25) is 0 Å². The second-order valence-electron chi connectivity index (χ2n) is 16.0. The summed E-state index contributed by atoms with van der Waals surface area (Å²) in [6, 6.07) is 17.7. The van der Waals surface area contributed by atoms with Gasteiger partial charge in [-0.15, -0.1) is 48.8 Å². The second kappa shape index (κ2) is 25.2. The van der Waals surface area contributed by atoms with Crippen molar-refractivity contribution >= 4 is 160 Å². The van der Waals surface area contributed by atoms with Gasteiger partial charge in [-0.3, -0.25) is 18.2 Å². The number of benzene rings is 8. The molecule has 12 N–H and O–H groups in total. The molecule has 8 aromatic carbocycles. The molecule has 0 aliphatic rings. The van der Waals surface area contributed by atoms with Gasteiger partial charge in [0.2, 0.25) is 0 Å². The van der Waals surface area contributed by atoms with Crippen molar-refractivity contribution < 1.29 is 116 Å². The van der Waals surface area contributed by atoms with Crippen molar-refractivity contribution in [2.45, 2.75) is 34.3 Å². The summed E-state index contributed by atoms with van der Waals surface area (Å²) in [7, 11) is -20.0. The van der Waals surface area contributed by atoms with Gasteiger partial charge in [-0.2, -0.15) is 38.8 Å². The largest absolute Gasteiger partial charge is 0.505 e. The Morgan fingerprint density at radius 1 is 0.440 bits per heavy atom. The molecule has 0 saturated carbocycles. The molecule has 41 heteroatoms. The van der Waals surface area contributed by atoms with Crippen molar-refractivity contribution in [2.24, 2.45) is 40.9 Å². The van der Waals surface area contributed by atoms with Crippen molar-refractivity contribution in [1.82, 2.24) is 0 Å². The minimum absolute atomic E-state index is 0.0284. The van der Waals surface area contributed by atoms with Gasteiger partial charge < -0.3 is 25.8 Å². The number of rotatable bonds is 22. The third-order valence-corrected chi connectivity index (χ3v) is 16.6. The Kier molecular flexibility index (Phi) is 18.7. The molecule has 0 spiro atoms. The predicted molar refractivity (Wildman–Crippen MR) is 289 cm³/mol. The summed E-state index contributed by atoms with van der Waals surface area (Å²) in [6.45, 7) is 0. The summed E-state index contributed by atoms with van der Waals surface area (Å²) in [5.74, 6) is -2.56. The van der Waals surface area contributed by atoms with E-state index in [1.165, 1.54) is 67.8 Å². The maximum atomic E-state index is 13.1. The van der Waals surface area contributed by atoms with Crippen molar-refractivity contribution in [3.8, 4) is 23.0 Å². The number of methoxy groups -OCH3 is 1. The first-order valence-corrected chi connectivity index (χ1v) is 29.7. The molecular weight excluding hydrogens is 1270 g/mol. The average molecular weight is 1300 g/mol. The maximum absolute atomic E-state index is 13.1. The van der Waals surface area contributed by atoms with Gasteiger partial charge in [-0.1, -0.05) is 27.2 Å². The van der Waals surface area contributed by atoms with Gasteiger partial charge >= 0.3 is 0 Å². The SMILES string of the molecule is COc1ccc(N=Nc2c(S(=O)(=O)O)cc3c(S(=O)(=O)O)c(N=Nc4cc(S(=O)(=O)O)c5cc(SOOO)c(N=Nc6ccc7c(O)c(N=Nc8ccccc8S(=O)(=O)O)c(SOOO)cc7c6)c(O)c5c4N)ccc3c2O)c(SOOO)c1. The van der Waals surface area contributed by atoms with Crippen LogP contribution in [0.3, 0.4) is 0 Å². The Bertz CT molecular complexity index is 4580. The molecule has 0 saturated heterocycles. The molecule has 0 unspecified atom stereocenters. The van der Waals surface area contributed by atoms with Crippen LogP contribution in [0.1, 0.15) is 0 Å². The van der Waals surface area contributed by atoms with Crippen LogP contribution in [-0.4, -0.2) is 90.1 Å². The van der Waals surface area contributed by atoms with E-state index in [9.17, 15) is 67.2 Å². The number of fused-ring (bicyclic) bond motifs is 3. The molecule has 0 amide bonds. The van der Waals surface area contributed by atoms with Crippen LogP contribution in [0.5, 0.6) is 23.0 Å². The molecule has 0 bridgehead atoms. The molecule has 0 heterocycles. The fraction of sp³-hybridized carbons (Fsp3) is 0.0233. The van der Waals surface area contributed by atoms with Crippen molar-refractivity contribution in [3.63, 3.8) is 0 Å². The van der Waals surface area contributed by atoms with Crippen LogP contribution in [0.15, 0.2) is 172 Å². The van der Waals surface area contributed by atoms with Gasteiger partial charge in [0.15, 0.2) is 17.2 Å². The van der Waals surface area contributed by atoms with E-state index in [4.69, 9.17) is 26.2 Å². The van der Waals surface area contributed by atoms with E-state index in [1.807, 2.05) is 0 Å². The Hall–Kier alpha value is -7.73. The lowest BCUT2D eigenvalue weighted by atomic mass is 10.0. The van der Waals surface area contributed by atoms with Crippen LogP contribution in [0, 0.1) is 0 Å². The van der Waals surface area contributed by atoms with Gasteiger partial charge in [0, 0.05) is 21.5 Å². The Morgan fingerprint density at radius 2 is 0.976 bits per heavy atom. The molecule has 0 aromatic heterocycles. The van der Waals surface area contributed by atoms with Gasteiger partial charge in [-0.25, -0.2) is 15.8 Å². The smallest absolute Gasteiger partial charge is 0.297 e. The molecule has 0 aliphatic heterocycles. The van der Waals surface area contributed by atoms with E-state index in [1.54, 1.807) is 0 Å². The topological polar surface area (TPSA) is 528 Å². The number of anilines is 1. The van der Waals surface area contributed by atoms with Gasteiger partial charge in [-0.05, 0) is 90.3 Å². The van der Waals surface area contributed by atoms with E-state index in [-0.39, 0.29) is 61.1 Å². The molecule has 8 aromatic rings. The fourth-order valence-corrected chi connectivity index (χ4v) is 11.9. The average Bonchev–Trinajstić information content (AvgIpc) is 1.04. The van der Waals surface area contributed by atoms with E-state index >= 15 is 0 Å². The van der Waals surface area contributed by atoms with Gasteiger partial charge in [0.25, 0.3) is 40.5 Å². The molecule has 34 nitrogen and oxygen atoms in total. The van der Waals surface area contributed by atoms with Crippen molar-refractivity contribution in [2.75, 3.05) is 12.8 Å². The Labute approximate surface area is 481 Å². The normalized spacial score (nSPS) is 12.9. The number of aromatic hydroxyl groups is 3. The minimum atomic E-state index is -5.60. The number of hydrogen-bond acceptors (Lipinski definition) is 33. The van der Waals surface area contributed by atoms with E-state index < -0.39 is 132 Å². The zero-order valence-electron chi connectivity index (χ0n) is 40.8. The van der Waals surface area contributed by atoms with Crippen LogP contribution >= 0.6 is 36.1 Å². The zero-order valence-corrected chi connectivity index (χ0v) is 46.6. The minimum Gasteiger partial charge on any atom is -0.505 e. The number of nitrogen functional groups attached to an aromatic ring is 1. The first-order valence-electron chi connectivity index (χ1n) is 21.7. The third-order valence-electron chi connectivity index (χ3n) is 11.1. The molecule has 8 rings (SSSR count). The van der Waals surface area contributed by atoms with Crippen molar-refractivity contribution in [3.05, 3.63) is 97.1 Å². The number of azo groups is 4. The lowest BCUT2D eigenvalue weighted by Gasteiger charge is -2.15. The molecule has 0 aliphatic carbocycles. The first-order chi connectivity index (χ1) is 39.7. The van der Waals surface area contributed by atoms with Crippen LogP contribution in [0.4, 0.5) is 51.2 Å². The highest BCUT2D eigenvalue weighted by Crippen LogP contribution is 2.52. The van der Waals surface area contributed by atoms with Crippen LogP contribution < -0.4 is 10.5 Å². The van der Waals surface area contributed by atoms with Crippen LogP contribution in [-0.2, 0) is 68.6 Å².